The molecule has 124 valence electrons. The lowest BCUT2D eigenvalue weighted by molar-refractivity contribution is -0.138. The lowest BCUT2D eigenvalue weighted by atomic mass is 9.93. The standard InChI is InChI=1S/C20H26O2S/c1-6-22-20(21)17-16(12-13(2)3)19(23-18(17)14(4)5)15-10-8-7-9-11-15/h7-12,14,18-19H,6H2,1-5H3. The number of carbonyl (C=O) groups is 1. The summed E-state index contributed by atoms with van der Waals surface area (Å²) in [5.41, 5.74) is 4.41. The normalized spacial score (nSPS) is 20.8. The smallest absolute Gasteiger partial charge is 0.335 e. The number of carbonyl (C=O) groups excluding carboxylic acids is 1. The maximum atomic E-state index is 12.6. The van der Waals surface area contributed by atoms with Crippen molar-refractivity contribution in [3.63, 3.8) is 0 Å². The van der Waals surface area contributed by atoms with Crippen LogP contribution in [0, 0.1) is 5.92 Å². The lowest BCUT2D eigenvalue weighted by Crippen LogP contribution is -2.20. The van der Waals surface area contributed by atoms with Crippen molar-refractivity contribution in [1.29, 1.82) is 0 Å². The first kappa shape index (κ1) is 17.9. The van der Waals surface area contributed by atoms with Gasteiger partial charge in [0.15, 0.2) is 0 Å². The Hall–Kier alpha value is -1.48. The number of thioether (sulfide) groups is 1. The Morgan fingerprint density at radius 1 is 1.26 bits per heavy atom. The summed E-state index contributed by atoms with van der Waals surface area (Å²) in [5, 5.41) is 0.364. The van der Waals surface area contributed by atoms with Crippen molar-refractivity contribution in [1.82, 2.24) is 0 Å². The number of rotatable bonds is 5. The van der Waals surface area contributed by atoms with Gasteiger partial charge < -0.3 is 4.74 Å². The van der Waals surface area contributed by atoms with Crippen molar-refractivity contribution in [3.05, 3.63) is 58.7 Å². The Morgan fingerprint density at radius 2 is 1.91 bits per heavy atom. The first-order valence-corrected chi connectivity index (χ1v) is 9.16. The molecule has 0 saturated carbocycles. The van der Waals surface area contributed by atoms with Crippen LogP contribution in [0.2, 0.25) is 0 Å². The van der Waals surface area contributed by atoms with Gasteiger partial charge in [-0.15, -0.1) is 11.8 Å². The van der Waals surface area contributed by atoms with E-state index in [1.54, 1.807) is 0 Å². The first-order chi connectivity index (χ1) is 11.0. The molecule has 2 unspecified atom stereocenters. The van der Waals surface area contributed by atoms with E-state index in [1.165, 1.54) is 11.1 Å². The molecule has 2 atom stereocenters. The molecule has 23 heavy (non-hydrogen) atoms. The molecule has 0 bridgehead atoms. The molecule has 0 amide bonds. The van der Waals surface area contributed by atoms with Crippen LogP contribution in [-0.2, 0) is 9.53 Å². The minimum atomic E-state index is -0.162. The molecular weight excluding hydrogens is 304 g/mol. The maximum Gasteiger partial charge on any atom is 0.335 e. The van der Waals surface area contributed by atoms with Gasteiger partial charge in [0.1, 0.15) is 0 Å². The molecule has 0 spiro atoms. The molecule has 1 aliphatic rings. The van der Waals surface area contributed by atoms with Crippen molar-refractivity contribution in [2.45, 2.75) is 45.1 Å². The van der Waals surface area contributed by atoms with Crippen molar-refractivity contribution >= 4 is 17.7 Å². The summed E-state index contributed by atoms with van der Waals surface area (Å²) in [6, 6.07) is 10.4. The van der Waals surface area contributed by atoms with Gasteiger partial charge in [0.05, 0.1) is 17.4 Å². The molecule has 3 heteroatoms. The quantitative estimate of drug-likeness (QED) is 0.683. The molecule has 0 aliphatic carbocycles. The van der Waals surface area contributed by atoms with Crippen molar-refractivity contribution < 1.29 is 9.53 Å². The second-order valence-corrected chi connectivity index (χ2v) is 7.65. The fourth-order valence-electron chi connectivity index (χ4n) is 2.88. The summed E-state index contributed by atoms with van der Waals surface area (Å²) in [4.78, 5) is 12.6. The average molecular weight is 330 g/mol. The van der Waals surface area contributed by atoms with Gasteiger partial charge in [-0.3, -0.25) is 0 Å². The average Bonchev–Trinajstić information content (AvgIpc) is 2.87. The largest absolute Gasteiger partial charge is 0.463 e. The lowest BCUT2D eigenvalue weighted by Gasteiger charge is -2.18. The molecule has 0 fully saturated rings. The van der Waals surface area contributed by atoms with E-state index in [0.717, 1.165) is 11.1 Å². The molecule has 0 N–H and O–H groups in total. The Morgan fingerprint density at radius 3 is 2.43 bits per heavy atom. The van der Waals surface area contributed by atoms with Crippen LogP contribution in [0.15, 0.2) is 53.1 Å². The van der Waals surface area contributed by atoms with Crippen LogP contribution in [0.25, 0.3) is 0 Å². The summed E-state index contributed by atoms with van der Waals surface area (Å²) in [6.45, 7) is 10.8. The molecule has 2 rings (SSSR count). The number of hydrogen-bond donors (Lipinski definition) is 0. The van der Waals surface area contributed by atoms with E-state index < -0.39 is 0 Å². The maximum absolute atomic E-state index is 12.6. The zero-order valence-corrected chi connectivity index (χ0v) is 15.4. The van der Waals surface area contributed by atoms with Gasteiger partial charge in [0.25, 0.3) is 0 Å². The molecule has 0 aromatic heterocycles. The van der Waals surface area contributed by atoms with Crippen molar-refractivity contribution in [3.8, 4) is 0 Å². The Bertz CT molecular complexity index is 610. The van der Waals surface area contributed by atoms with Crippen molar-refractivity contribution in [2.75, 3.05) is 6.61 Å². The van der Waals surface area contributed by atoms with E-state index >= 15 is 0 Å². The molecule has 0 saturated heterocycles. The van der Waals surface area contributed by atoms with Gasteiger partial charge in [-0.25, -0.2) is 4.79 Å². The van der Waals surface area contributed by atoms with Gasteiger partial charge >= 0.3 is 5.97 Å². The summed E-state index contributed by atoms with van der Waals surface area (Å²) in [6.07, 6.45) is 2.15. The molecule has 1 aliphatic heterocycles. The van der Waals surface area contributed by atoms with Gasteiger partial charge in [-0.05, 0) is 37.8 Å². The summed E-state index contributed by atoms with van der Waals surface area (Å²) in [5.74, 6) is 0.221. The highest BCUT2D eigenvalue weighted by Crippen LogP contribution is 2.52. The van der Waals surface area contributed by atoms with E-state index in [2.05, 4.69) is 58.0 Å². The number of hydrogen-bond acceptors (Lipinski definition) is 3. The highest BCUT2D eigenvalue weighted by Gasteiger charge is 2.39. The highest BCUT2D eigenvalue weighted by molar-refractivity contribution is 8.00. The zero-order chi connectivity index (χ0) is 17.0. The van der Waals surface area contributed by atoms with Crippen LogP contribution in [0.3, 0.4) is 0 Å². The molecule has 2 nitrogen and oxygen atoms in total. The Balaban J connectivity index is 2.56. The van der Waals surface area contributed by atoms with Crippen LogP contribution >= 0.6 is 11.8 Å². The zero-order valence-electron chi connectivity index (χ0n) is 14.6. The van der Waals surface area contributed by atoms with E-state index in [9.17, 15) is 4.79 Å². The molecule has 0 radical (unpaired) electrons. The van der Waals surface area contributed by atoms with E-state index in [4.69, 9.17) is 4.74 Å². The van der Waals surface area contributed by atoms with E-state index in [1.807, 2.05) is 24.8 Å². The predicted octanol–water partition coefficient (Wildman–Crippen LogP) is 5.33. The molecule has 1 aromatic rings. The topological polar surface area (TPSA) is 26.3 Å². The van der Waals surface area contributed by atoms with Crippen LogP contribution in [0.1, 0.15) is 45.4 Å². The Kier molecular flexibility index (Phi) is 6.11. The highest BCUT2D eigenvalue weighted by atomic mass is 32.2. The molecule has 1 aromatic carbocycles. The second-order valence-electron chi connectivity index (χ2n) is 6.40. The number of ether oxygens (including phenoxy) is 1. The van der Waals surface area contributed by atoms with Gasteiger partial charge in [-0.1, -0.05) is 55.8 Å². The first-order valence-electron chi connectivity index (χ1n) is 8.22. The molecule has 1 heterocycles. The van der Waals surface area contributed by atoms with Crippen LogP contribution in [-0.4, -0.2) is 17.8 Å². The van der Waals surface area contributed by atoms with Crippen LogP contribution in [0.4, 0.5) is 0 Å². The van der Waals surface area contributed by atoms with Gasteiger partial charge in [0, 0.05) is 5.25 Å². The van der Waals surface area contributed by atoms with Crippen LogP contribution < -0.4 is 0 Å². The minimum absolute atomic E-state index is 0.162. The fraction of sp³-hybridized carbons (Fsp3) is 0.450. The third-order valence-corrected chi connectivity index (χ3v) is 5.68. The molecular formula is C20H26O2S. The van der Waals surface area contributed by atoms with Crippen molar-refractivity contribution in [2.24, 2.45) is 5.92 Å². The monoisotopic (exact) mass is 330 g/mol. The van der Waals surface area contributed by atoms with Gasteiger partial charge in [-0.2, -0.15) is 0 Å². The van der Waals surface area contributed by atoms with Gasteiger partial charge in [0.2, 0.25) is 0 Å². The van der Waals surface area contributed by atoms with E-state index in [0.29, 0.717) is 12.5 Å². The summed E-state index contributed by atoms with van der Waals surface area (Å²) < 4.78 is 5.36. The minimum Gasteiger partial charge on any atom is -0.463 e. The third-order valence-electron chi connectivity index (χ3n) is 3.81. The fourth-order valence-corrected chi connectivity index (χ4v) is 4.51. The number of allylic oxidation sites excluding steroid dienone is 2. The predicted molar refractivity (Wildman–Crippen MR) is 98.5 cm³/mol. The van der Waals surface area contributed by atoms with Crippen LogP contribution in [0.5, 0.6) is 0 Å². The Labute approximate surface area is 144 Å². The van der Waals surface area contributed by atoms with E-state index in [-0.39, 0.29) is 16.5 Å². The number of benzene rings is 1. The SMILES string of the molecule is CCOC(=O)C1=C(C=C(C)C)C(c2ccccc2)SC1C(C)C. The summed E-state index contributed by atoms with van der Waals surface area (Å²) in [7, 11) is 0. The third kappa shape index (κ3) is 4.08. The summed E-state index contributed by atoms with van der Waals surface area (Å²) >= 11 is 1.86. The second kappa shape index (κ2) is 7.87. The number of esters is 1.